The van der Waals surface area contributed by atoms with Crippen LogP contribution in [0.5, 0.6) is 5.75 Å². The third-order valence-corrected chi connectivity index (χ3v) is 5.61. The number of anilines is 1. The number of halogens is 3. The van der Waals surface area contributed by atoms with Gasteiger partial charge in [0.25, 0.3) is 0 Å². The van der Waals surface area contributed by atoms with E-state index in [1.54, 1.807) is 18.2 Å². The van der Waals surface area contributed by atoms with Crippen molar-refractivity contribution in [2.24, 2.45) is 0 Å². The Labute approximate surface area is 166 Å². The number of nitrogens with one attached hydrogen (secondary N) is 1. The second-order valence-corrected chi connectivity index (χ2v) is 7.83. The van der Waals surface area contributed by atoms with Crippen LogP contribution < -0.4 is 10.1 Å². The molecule has 2 aromatic carbocycles. The normalized spacial score (nSPS) is 11.9. The Bertz CT molecular complexity index is 991. The van der Waals surface area contributed by atoms with Crippen LogP contribution in [0, 0.1) is 0 Å². The van der Waals surface area contributed by atoms with Crippen LogP contribution in [0.15, 0.2) is 66.1 Å². The average molecular weight is 428 g/mol. The van der Waals surface area contributed by atoms with Gasteiger partial charge < -0.3 is 10.1 Å². The number of hydrogen-bond donors (Lipinski definition) is 1. The first kappa shape index (κ1) is 22.4. The molecular formula is C19H19F3N2O4S. The summed E-state index contributed by atoms with van der Waals surface area (Å²) in [5, 5.41) is 2.53. The molecule has 0 aliphatic rings. The molecule has 2 rings (SSSR count). The summed E-state index contributed by atoms with van der Waals surface area (Å²) in [7, 11) is -2.92. The topological polar surface area (TPSA) is 75.7 Å². The maximum atomic E-state index is 12.9. The minimum Gasteiger partial charge on any atom is -0.497 e. The van der Waals surface area contributed by atoms with Gasteiger partial charge in [0.1, 0.15) is 5.75 Å². The summed E-state index contributed by atoms with van der Waals surface area (Å²) in [6.07, 6.45) is -3.46. The van der Waals surface area contributed by atoms with Crippen molar-refractivity contribution in [3.63, 3.8) is 0 Å². The van der Waals surface area contributed by atoms with E-state index in [1.807, 2.05) is 0 Å². The summed E-state index contributed by atoms with van der Waals surface area (Å²) in [6.45, 7) is 2.57. The average Bonchev–Trinajstić information content (AvgIpc) is 2.67. The van der Waals surface area contributed by atoms with Crippen molar-refractivity contribution in [1.82, 2.24) is 4.31 Å². The van der Waals surface area contributed by atoms with Crippen LogP contribution in [0.25, 0.3) is 0 Å². The molecule has 29 heavy (non-hydrogen) atoms. The predicted octanol–water partition coefficient (Wildman–Crippen LogP) is 3.53. The highest BCUT2D eigenvalue weighted by Crippen LogP contribution is 2.31. The molecule has 10 heteroatoms. The van der Waals surface area contributed by atoms with Crippen molar-refractivity contribution >= 4 is 21.6 Å². The van der Waals surface area contributed by atoms with Crippen molar-refractivity contribution in [2.75, 3.05) is 25.5 Å². The fourth-order valence-electron chi connectivity index (χ4n) is 2.44. The number of carbonyl (C=O) groups excluding carboxylic acids is 1. The van der Waals surface area contributed by atoms with Crippen LogP contribution in [0.2, 0.25) is 0 Å². The van der Waals surface area contributed by atoms with Crippen LogP contribution in [0.4, 0.5) is 18.9 Å². The van der Waals surface area contributed by atoms with Crippen molar-refractivity contribution < 1.29 is 31.1 Å². The van der Waals surface area contributed by atoms with E-state index in [1.165, 1.54) is 19.3 Å². The van der Waals surface area contributed by atoms with Gasteiger partial charge in [0.2, 0.25) is 15.9 Å². The first-order valence-corrected chi connectivity index (χ1v) is 9.74. The number of nitrogens with zero attached hydrogens (tertiary/aromatic N) is 1. The van der Waals surface area contributed by atoms with E-state index < -0.39 is 39.1 Å². The molecular weight excluding hydrogens is 409 g/mol. The zero-order valence-corrected chi connectivity index (χ0v) is 16.3. The monoisotopic (exact) mass is 428 g/mol. The molecule has 0 unspecified atom stereocenters. The Morgan fingerprint density at radius 3 is 2.52 bits per heavy atom. The van der Waals surface area contributed by atoms with E-state index in [9.17, 15) is 26.4 Å². The highest BCUT2D eigenvalue weighted by molar-refractivity contribution is 7.89. The van der Waals surface area contributed by atoms with E-state index in [2.05, 4.69) is 11.9 Å². The maximum Gasteiger partial charge on any atom is 0.416 e. The van der Waals surface area contributed by atoms with Crippen molar-refractivity contribution in [2.45, 2.75) is 11.1 Å². The second kappa shape index (κ2) is 9.10. The van der Waals surface area contributed by atoms with Crippen LogP contribution in [-0.4, -0.2) is 38.8 Å². The summed E-state index contributed by atoms with van der Waals surface area (Å²) >= 11 is 0. The van der Waals surface area contributed by atoms with E-state index >= 15 is 0 Å². The number of carbonyl (C=O) groups is 1. The fourth-order valence-corrected chi connectivity index (χ4v) is 3.85. The molecule has 0 saturated heterocycles. The lowest BCUT2D eigenvalue weighted by Gasteiger charge is -2.21. The summed E-state index contributed by atoms with van der Waals surface area (Å²) in [5.41, 5.74) is -0.720. The van der Waals surface area contributed by atoms with Gasteiger partial charge in [-0.2, -0.15) is 17.5 Å². The predicted molar refractivity (Wildman–Crippen MR) is 102 cm³/mol. The second-order valence-electron chi connectivity index (χ2n) is 5.89. The van der Waals surface area contributed by atoms with E-state index in [4.69, 9.17) is 4.74 Å². The van der Waals surface area contributed by atoms with Crippen molar-refractivity contribution in [1.29, 1.82) is 0 Å². The standard InChI is InChI=1S/C19H19F3N2O4S/c1-3-10-24(13-18(25)23-15-7-5-8-16(12-15)28-2)29(26,27)17-9-4-6-14(11-17)19(20,21)22/h3-9,11-12H,1,10,13H2,2H3,(H,23,25). The van der Waals surface area contributed by atoms with Gasteiger partial charge in [0, 0.05) is 18.3 Å². The quantitative estimate of drug-likeness (QED) is 0.653. The summed E-state index contributed by atoms with van der Waals surface area (Å²) in [4.78, 5) is 11.8. The molecule has 0 fully saturated rings. The van der Waals surface area contributed by atoms with Gasteiger partial charge in [-0.15, -0.1) is 6.58 Å². The summed E-state index contributed by atoms with van der Waals surface area (Å²) < 4.78 is 70.1. The van der Waals surface area contributed by atoms with E-state index in [-0.39, 0.29) is 6.54 Å². The number of ether oxygens (including phenoxy) is 1. The molecule has 0 aromatic heterocycles. The maximum absolute atomic E-state index is 12.9. The van der Waals surface area contributed by atoms with Gasteiger partial charge in [-0.3, -0.25) is 4.79 Å². The SMILES string of the molecule is C=CCN(CC(=O)Nc1cccc(OC)c1)S(=O)(=O)c1cccc(C(F)(F)F)c1. The van der Waals surface area contributed by atoms with Crippen molar-refractivity contribution in [3.8, 4) is 5.75 Å². The molecule has 0 aliphatic heterocycles. The summed E-state index contributed by atoms with van der Waals surface area (Å²) in [6, 6.07) is 9.76. The highest BCUT2D eigenvalue weighted by atomic mass is 32.2. The minimum absolute atomic E-state index is 0.260. The number of benzene rings is 2. The lowest BCUT2D eigenvalue weighted by molar-refractivity contribution is -0.137. The lowest BCUT2D eigenvalue weighted by Crippen LogP contribution is -2.38. The molecule has 0 aliphatic carbocycles. The van der Waals surface area contributed by atoms with Gasteiger partial charge in [0.15, 0.2) is 0 Å². The lowest BCUT2D eigenvalue weighted by atomic mass is 10.2. The Morgan fingerprint density at radius 1 is 1.21 bits per heavy atom. The zero-order valence-electron chi connectivity index (χ0n) is 15.4. The fraction of sp³-hybridized carbons (Fsp3) is 0.211. The van der Waals surface area contributed by atoms with Crippen LogP contribution in [-0.2, 0) is 21.0 Å². The first-order valence-electron chi connectivity index (χ1n) is 8.30. The molecule has 1 N–H and O–H groups in total. The van der Waals surface area contributed by atoms with Gasteiger partial charge >= 0.3 is 6.18 Å². The Balaban J connectivity index is 2.25. The number of sulfonamides is 1. The summed E-state index contributed by atoms with van der Waals surface area (Å²) in [5.74, 6) is -0.182. The number of hydrogen-bond acceptors (Lipinski definition) is 4. The number of methoxy groups -OCH3 is 1. The third kappa shape index (κ3) is 5.81. The van der Waals surface area contributed by atoms with Gasteiger partial charge in [-0.1, -0.05) is 18.2 Å². The number of alkyl halides is 3. The largest absolute Gasteiger partial charge is 0.497 e. The third-order valence-electron chi connectivity index (χ3n) is 3.81. The Morgan fingerprint density at radius 2 is 1.90 bits per heavy atom. The number of amides is 1. The molecule has 0 bridgehead atoms. The molecule has 1 amide bonds. The zero-order chi connectivity index (χ0) is 21.7. The number of rotatable bonds is 8. The molecule has 2 aromatic rings. The molecule has 0 saturated carbocycles. The van der Waals surface area contributed by atoms with E-state index in [0.29, 0.717) is 17.5 Å². The molecule has 6 nitrogen and oxygen atoms in total. The Kier molecular flexibility index (Phi) is 7.04. The molecule has 156 valence electrons. The highest BCUT2D eigenvalue weighted by Gasteiger charge is 2.33. The van der Waals surface area contributed by atoms with Crippen LogP contribution >= 0.6 is 0 Å². The van der Waals surface area contributed by atoms with Gasteiger partial charge in [-0.05, 0) is 30.3 Å². The van der Waals surface area contributed by atoms with E-state index in [0.717, 1.165) is 22.5 Å². The van der Waals surface area contributed by atoms with Gasteiger partial charge in [0.05, 0.1) is 24.1 Å². The van der Waals surface area contributed by atoms with Crippen molar-refractivity contribution in [3.05, 3.63) is 66.7 Å². The molecule has 0 radical (unpaired) electrons. The first-order chi connectivity index (χ1) is 13.6. The van der Waals surface area contributed by atoms with Crippen LogP contribution in [0.1, 0.15) is 5.56 Å². The molecule has 0 spiro atoms. The van der Waals surface area contributed by atoms with Crippen LogP contribution in [0.3, 0.4) is 0 Å². The Hall–Kier alpha value is -2.85. The minimum atomic E-state index is -4.70. The van der Waals surface area contributed by atoms with Gasteiger partial charge in [-0.25, -0.2) is 8.42 Å². The molecule has 0 heterocycles. The molecule has 0 atom stereocenters. The smallest absolute Gasteiger partial charge is 0.416 e.